The van der Waals surface area contributed by atoms with Crippen LogP contribution in [0.3, 0.4) is 0 Å². The molecule has 1 aromatic carbocycles. The third kappa shape index (κ3) is 4.28. The molecule has 0 saturated carbocycles. The fourth-order valence-electron chi connectivity index (χ4n) is 2.32. The molecule has 0 bridgehead atoms. The van der Waals surface area contributed by atoms with Crippen molar-refractivity contribution >= 4 is 29.3 Å². The lowest BCUT2D eigenvalue weighted by molar-refractivity contribution is -0.137. The van der Waals surface area contributed by atoms with E-state index in [1.54, 1.807) is 10.9 Å². The van der Waals surface area contributed by atoms with Gasteiger partial charge in [0.2, 0.25) is 0 Å². The SMILES string of the molecule is Cc1ccc(Cn2cc(Cl)c(NC(=O)c3ccn(CC(=O)O)n3)n2)cc1. The van der Waals surface area contributed by atoms with Crippen molar-refractivity contribution in [2.75, 3.05) is 5.32 Å². The van der Waals surface area contributed by atoms with E-state index in [1.807, 2.05) is 31.2 Å². The second kappa shape index (κ2) is 7.40. The highest BCUT2D eigenvalue weighted by molar-refractivity contribution is 6.33. The number of anilines is 1. The van der Waals surface area contributed by atoms with Crippen LogP contribution >= 0.6 is 11.6 Å². The zero-order valence-electron chi connectivity index (χ0n) is 13.9. The Morgan fingerprint density at radius 2 is 1.88 bits per heavy atom. The van der Waals surface area contributed by atoms with Crippen molar-refractivity contribution < 1.29 is 14.7 Å². The number of aliphatic carboxylic acids is 1. The Balaban J connectivity index is 1.68. The van der Waals surface area contributed by atoms with Crippen molar-refractivity contribution in [3.05, 3.63) is 64.6 Å². The van der Waals surface area contributed by atoms with Crippen molar-refractivity contribution in [2.45, 2.75) is 20.0 Å². The van der Waals surface area contributed by atoms with E-state index < -0.39 is 11.9 Å². The number of rotatable bonds is 6. The van der Waals surface area contributed by atoms with E-state index in [-0.39, 0.29) is 18.1 Å². The monoisotopic (exact) mass is 373 g/mol. The summed E-state index contributed by atoms with van der Waals surface area (Å²) in [5.41, 5.74) is 2.30. The average molecular weight is 374 g/mol. The summed E-state index contributed by atoms with van der Waals surface area (Å²) in [6, 6.07) is 9.44. The van der Waals surface area contributed by atoms with Crippen molar-refractivity contribution in [1.29, 1.82) is 0 Å². The molecule has 1 amide bonds. The van der Waals surface area contributed by atoms with Crippen LogP contribution in [0.5, 0.6) is 0 Å². The highest BCUT2D eigenvalue weighted by Crippen LogP contribution is 2.20. The van der Waals surface area contributed by atoms with E-state index in [0.29, 0.717) is 11.6 Å². The molecule has 0 aliphatic heterocycles. The molecule has 0 saturated heterocycles. The molecule has 3 aromatic rings. The Bertz CT molecular complexity index is 946. The van der Waals surface area contributed by atoms with E-state index in [1.165, 1.54) is 17.8 Å². The van der Waals surface area contributed by atoms with Gasteiger partial charge in [0.1, 0.15) is 11.6 Å². The second-order valence-corrected chi connectivity index (χ2v) is 6.16. The predicted molar refractivity (Wildman–Crippen MR) is 95.3 cm³/mol. The fourth-order valence-corrected chi connectivity index (χ4v) is 2.52. The van der Waals surface area contributed by atoms with Crippen molar-refractivity contribution in [3.63, 3.8) is 0 Å². The number of nitrogens with zero attached hydrogens (tertiary/aromatic N) is 4. The summed E-state index contributed by atoms with van der Waals surface area (Å²) in [5.74, 6) is -1.34. The van der Waals surface area contributed by atoms with Crippen LogP contribution in [-0.4, -0.2) is 36.5 Å². The number of carboxylic acid groups (broad SMARTS) is 1. The number of carboxylic acids is 1. The first-order valence-electron chi connectivity index (χ1n) is 7.76. The molecule has 2 heterocycles. The molecule has 0 fully saturated rings. The quantitative estimate of drug-likeness (QED) is 0.690. The maximum absolute atomic E-state index is 12.2. The number of carbonyl (C=O) groups is 2. The smallest absolute Gasteiger partial charge is 0.325 e. The van der Waals surface area contributed by atoms with Crippen LogP contribution in [0.4, 0.5) is 5.82 Å². The minimum atomic E-state index is -1.04. The fraction of sp³-hybridized carbons (Fsp3) is 0.176. The molecule has 0 radical (unpaired) electrons. The van der Waals surface area contributed by atoms with Crippen molar-refractivity contribution in [1.82, 2.24) is 19.6 Å². The Kier molecular flexibility index (Phi) is 5.04. The first-order valence-corrected chi connectivity index (χ1v) is 8.13. The lowest BCUT2D eigenvalue weighted by atomic mass is 10.1. The zero-order valence-corrected chi connectivity index (χ0v) is 14.6. The summed E-state index contributed by atoms with van der Waals surface area (Å²) in [7, 11) is 0. The molecular formula is C17H16ClN5O3. The second-order valence-electron chi connectivity index (χ2n) is 5.76. The molecule has 134 valence electrons. The predicted octanol–water partition coefficient (Wildman–Crippen LogP) is 2.43. The number of nitrogens with one attached hydrogen (secondary N) is 1. The van der Waals surface area contributed by atoms with Gasteiger partial charge in [-0.05, 0) is 18.6 Å². The van der Waals surface area contributed by atoms with Crippen LogP contribution in [-0.2, 0) is 17.9 Å². The zero-order chi connectivity index (χ0) is 18.7. The van der Waals surface area contributed by atoms with Gasteiger partial charge in [0.25, 0.3) is 5.91 Å². The van der Waals surface area contributed by atoms with Crippen LogP contribution < -0.4 is 5.32 Å². The Morgan fingerprint density at radius 1 is 1.15 bits per heavy atom. The number of carbonyl (C=O) groups excluding carboxylic acids is 1. The minimum absolute atomic E-state index is 0.0791. The van der Waals surface area contributed by atoms with Crippen LogP contribution in [0.1, 0.15) is 21.6 Å². The first-order chi connectivity index (χ1) is 12.4. The molecule has 0 aliphatic rings. The molecule has 0 atom stereocenters. The Morgan fingerprint density at radius 3 is 2.58 bits per heavy atom. The van der Waals surface area contributed by atoms with Gasteiger partial charge in [-0.15, -0.1) is 0 Å². The van der Waals surface area contributed by atoms with E-state index in [0.717, 1.165) is 10.2 Å². The topological polar surface area (TPSA) is 102 Å². The van der Waals surface area contributed by atoms with Crippen LogP contribution in [0, 0.1) is 6.92 Å². The number of hydrogen-bond acceptors (Lipinski definition) is 4. The standard InChI is InChI=1S/C17H16ClN5O3/c1-11-2-4-12(5-3-11)8-23-9-13(18)16(21-23)19-17(26)14-6-7-22(20-14)10-15(24)25/h2-7,9H,8,10H2,1H3,(H,24,25)(H,19,21,26). The van der Waals surface area contributed by atoms with Gasteiger partial charge in [0, 0.05) is 12.4 Å². The molecule has 8 nitrogen and oxygen atoms in total. The third-order valence-corrected chi connectivity index (χ3v) is 3.86. The highest BCUT2D eigenvalue weighted by atomic mass is 35.5. The summed E-state index contributed by atoms with van der Waals surface area (Å²) < 4.78 is 2.79. The summed E-state index contributed by atoms with van der Waals surface area (Å²) in [5, 5.41) is 19.8. The molecule has 0 spiro atoms. The van der Waals surface area contributed by atoms with E-state index in [4.69, 9.17) is 16.7 Å². The van der Waals surface area contributed by atoms with Crippen molar-refractivity contribution in [3.8, 4) is 0 Å². The molecule has 2 aromatic heterocycles. The number of halogens is 1. The Hall–Kier alpha value is -3.13. The minimum Gasteiger partial charge on any atom is -0.480 e. The number of hydrogen-bond donors (Lipinski definition) is 2. The number of aromatic nitrogens is 4. The number of benzene rings is 1. The number of aryl methyl sites for hydroxylation is 1. The third-order valence-electron chi connectivity index (χ3n) is 3.58. The van der Waals surface area contributed by atoms with Crippen LogP contribution in [0.15, 0.2) is 42.7 Å². The van der Waals surface area contributed by atoms with Gasteiger partial charge in [-0.1, -0.05) is 41.4 Å². The number of amides is 1. The van der Waals surface area contributed by atoms with E-state index >= 15 is 0 Å². The summed E-state index contributed by atoms with van der Waals surface area (Å²) in [4.78, 5) is 22.9. The summed E-state index contributed by atoms with van der Waals surface area (Å²) >= 11 is 6.14. The van der Waals surface area contributed by atoms with Gasteiger partial charge in [-0.2, -0.15) is 10.2 Å². The molecule has 26 heavy (non-hydrogen) atoms. The van der Waals surface area contributed by atoms with Gasteiger partial charge in [-0.25, -0.2) is 0 Å². The average Bonchev–Trinajstić information content (AvgIpc) is 3.16. The summed E-state index contributed by atoms with van der Waals surface area (Å²) in [6.45, 7) is 2.21. The van der Waals surface area contributed by atoms with Crippen LogP contribution in [0.25, 0.3) is 0 Å². The van der Waals surface area contributed by atoms with Gasteiger partial charge in [0.05, 0.1) is 6.54 Å². The first kappa shape index (κ1) is 17.7. The molecule has 3 rings (SSSR count). The van der Waals surface area contributed by atoms with Gasteiger partial charge >= 0.3 is 5.97 Å². The lowest BCUT2D eigenvalue weighted by Gasteiger charge is -2.03. The molecule has 9 heteroatoms. The van der Waals surface area contributed by atoms with Gasteiger partial charge in [-0.3, -0.25) is 19.0 Å². The highest BCUT2D eigenvalue weighted by Gasteiger charge is 2.15. The maximum Gasteiger partial charge on any atom is 0.325 e. The van der Waals surface area contributed by atoms with Crippen molar-refractivity contribution in [2.24, 2.45) is 0 Å². The van der Waals surface area contributed by atoms with Crippen LogP contribution in [0.2, 0.25) is 5.02 Å². The maximum atomic E-state index is 12.2. The molecular weight excluding hydrogens is 358 g/mol. The molecule has 0 aliphatic carbocycles. The summed E-state index contributed by atoms with van der Waals surface area (Å²) in [6.07, 6.45) is 3.04. The van der Waals surface area contributed by atoms with E-state index in [2.05, 4.69) is 15.5 Å². The van der Waals surface area contributed by atoms with Gasteiger partial charge in [0.15, 0.2) is 11.5 Å². The molecule has 2 N–H and O–H groups in total. The molecule has 0 unspecified atom stereocenters. The normalized spacial score (nSPS) is 10.7. The Labute approximate surface area is 154 Å². The van der Waals surface area contributed by atoms with Gasteiger partial charge < -0.3 is 10.4 Å². The lowest BCUT2D eigenvalue weighted by Crippen LogP contribution is -2.15. The van der Waals surface area contributed by atoms with E-state index in [9.17, 15) is 9.59 Å². The largest absolute Gasteiger partial charge is 0.480 e.